The Morgan fingerprint density at radius 3 is 2.84 bits per heavy atom. The van der Waals surface area contributed by atoms with E-state index >= 15 is 0 Å². The number of hydrogen-bond donors (Lipinski definition) is 2. The highest BCUT2D eigenvalue weighted by atomic mass is 19.1. The van der Waals surface area contributed by atoms with E-state index in [0.717, 1.165) is 24.4 Å². The van der Waals surface area contributed by atoms with E-state index in [0.29, 0.717) is 6.04 Å². The molecule has 0 aromatic heterocycles. The molecule has 2 nitrogen and oxygen atoms in total. The number of phenols is 1. The Balaban J connectivity index is 1.90. The molecule has 3 heteroatoms. The number of hydrogen-bond acceptors (Lipinski definition) is 2. The summed E-state index contributed by atoms with van der Waals surface area (Å²) in [6.07, 6.45) is 8.77. The third-order valence-electron chi connectivity index (χ3n) is 4.10. The van der Waals surface area contributed by atoms with Crippen molar-refractivity contribution in [2.45, 2.75) is 57.9 Å². The van der Waals surface area contributed by atoms with Crippen molar-refractivity contribution in [1.82, 2.24) is 0 Å². The largest absolute Gasteiger partial charge is 0.505 e. The van der Waals surface area contributed by atoms with Crippen molar-refractivity contribution in [2.24, 2.45) is 5.92 Å². The molecule has 0 bridgehead atoms. The van der Waals surface area contributed by atoms with E-state index in [2.05, 4.69) is 12.2 Å². The summed E-state index contributed by atoms with van der Waals surface area (Å²) in [5.74, 6) is 0.0326. The third kappa shape index (κ3) is 4.12. The van der Waals surface area contributed by atoms with Gasteiger partial charge in [0, 0.05) is 17.8 Å². The van der Waals surface area contributed by atoms with Gasteiger partial charge >= 0.3 is 0 Å². The topological polar surface area (TPSA) is 32.3 Å². The van der Waals surface area contributed by atoms with E-state index in [4.69, 9.17) is 0 Å². The van der Waals surface area contributed by atoms with Crippen LogP contribution in [0.2, 0.25) is 0 Å². The summed E-state index contributed by atoms with van der Waals surface area (Å²) in [7, 11) is 0. The van der Waals surface area contributed by atoms with E-state index in [1.807, 2.05) is 0 Å². The lowest BCUT2D eigenvalue weighted by molar-refractivity contribution is 0.422. The van der Waals surface area contributed by atoms with Crippen LogP contribution < -0.4 is 5.32 Å². The van der Waals surface area contributed by atoms with Crippen molar-refractivity contribution in [3.8, 4) is 5.75 Å². The summed E-state index contributed by atoms with van der Waals surface area (Å²) in [5, 5.41) is 12.6. The zero-order valence-electron chi connectivity index (χ0n) is 11.7. The van der Waals surface area contributed by atoms with Crippen molar-refractivity contribution in [2.75, 3.05) is 5.32 Å². The summed E-state index contributed by atoms with van der Waals surface area (Å²) in [6.45, 7) is 2.25. The molecule has 0 spiro atoms. The first-order valence-corrected chi connectivity index (χ1v) is 7.44. The number of benzene rings is 1. The lowest BCUT2D eigenvalue weighted by Gasteiger charge is -2.18. The van der Waals surface area contributed by atoms with Gasteiger partial charge in [0.05, 0.1) is 0 Å². The van der Waals surface area contributed by atoms with Gasteiger partial charge in [-0.2, -0.15) is 0 Å². The molecule has 0 saturated heterocycles. The molecule has 2 atom stereocenters. The predicted molar refractivity (Wildman–Crippen MR) is 77.0 cm³/mol. The monoisotopic (exact) mass is 265 g/mol. The second-order valence-electron chi connectivity index (χ2n) is 5.67. The summed E-state index contributed by atoms with van der Waals surface area (Å²) in [5.41, 5.74) is 0.772. The second kappa shape index (κ2) is 6.78. The Kier molecular flexibility index (Phi) is 5.06. The van der Waals surface area contributed by atoms with Crippen LogP contribution in [0.25, 0.3) is 0 Å². The first-order chi connectivity index (χ1) is 9.19. The molecule has 0 heterocycles. The van der Waals surface area contributed by atoms with E-state index in [1.165, 1.54) is 44.2 Å². The van der Waals surface area contributed by atoms with E-state index in [1.54, 1.807) is 6.07 Å². The van der Waals surface area contributed by atoms with Crippen LogP contribution >= 0.6 is 0 Å². The van der Waals surface area contributed by atoms with E-state index in [-0.39, 0.29) is 5.75 Å². The zero-order valence-corrected chi connectivity index (χ0v) is 11.7. The molecule has 19 heavy (non-hydrogen) atoms. The summed E-state index contributed by atoms with van der Waals surface area (Å²) in [4.78, 5) is 0. The Hall–Kier alpha value is -1.25. The van der Waals surface area contributed by atoms with Gasteiger partial charge in [-0.1, -0.05) is 32.6 Å². The number of phenolic OH excluding ortho intramolecular Hbond substituents is 1. The normalized spacial score (nSPS) is 23.9. The van der Waals surface area contributed by atoms with Gasteiger partial charge in [-0.25, -0.2) is 4.39 Å². The number of rotatable bonds is 4. The van der Waals surface area contributed by atoms with Crippen LogP contribution in [0, 0.1) is 11.7 Å². The van der Waals surface area contributed by atoms with Crippen molar-refractivity contribution < 1.29 is 9.50 Å². The Morgan fingerprint density at radius 2 is 2.11 bits per heavy atom. The highest BCUT2D eigenvalue weighted by Crippen LogP contribution is 2.29. The number of anilines is 1. The molecule has 1 aliphatic rings. The maximum atomic E-state index is 13.3. The van der Waals surface area contributed by atoms with Crippen molar-refractivity contribution in [1.29, 1.82) is 0 Å². The van der Waals surface area contributed by atoms with E-state index in [9.17, 15) is 9.50 Å². The molecule has 1 saturated carbocycles. The molecule has 0 radical (unpaired) electrons. The first-order valence-electron chi connectivity index (χ1n) is 7.44. The fraction of sp³-hybridized carbons (Fsp3) is 0.625. The van der Waals surface area contributed by atoms with Gasteiger partial charge in [-0.3, -0.25) is 0 Å². The molecule has 1 fully saturated rings. The van der Waals surface area contributed by atoms with Crippen LogP contribution in [0.3, 0.4) is 0 Å². The van der Waals surface area contributed by atoms with Crippen LogP contribution in [0.5, 0.6) is 5.75 Å². The molecule has 1 aromatic carbocycles. The summed E-state index contributed by atoms with van der Waals surface area (Å²) < 4.78 is 13.3. The maximum Gasteiger partial charge on any atom is 0.166 e. The molecule has 2 unspecified atom stereocenters. The Morgan fingerprint density at radius 1 is 1.26 bits per heavy atom. The molecular weight excluding hydrogens is 241 g/mol. The van der Waals surface area contributed by atoms with Gasteiger partial charge in [-0.15, -0.1) is 0 Å². The third-order valence-corrected chi connectivity index (χ3v) is 4.10. The number of aromatic hydroxyl groups is 1. The van der Waals surface area contributed by atoms with Crippen molar-refractivity contribution in [3.63, 3.8) is 0 Å². The Labute approximate surface area is 115 Å². The SMILES string of the molecule is CCCC1CCCC(Nc2ccc(O)c(F)c2)CC1. The fourth-order valence-corrected chi connectivity index (χ4v) is 3.05. The van der Waals surface area contributed by atoms with Crippen LogP contribution in [0.1, 0.15) is 51.9 Å². The predicted octanol–water partition coefficient (Wildman–Crippen LogP) is 4.69. The molecule has 106 valence electrons. The molecule has 0 amide bonds. The second-order valence-corrected chi connectivity index (χ2v) is 5.67. The smallest absolute Gasteiger partial charge is 0.166 e. The molecule has 1 aliphatic carbocycles. The van der Waals surface area contributed by atoms with Crippen molar-refractivity contribution >= 4 is 5.69 Å². The fourth-order valence-electron chi connectivity index (χ4n) is 3.05. The minimum atomic E-state index is -0.553. The van der Waals surface area contributed by atoms with E-state index < -0.39 is 5.82 Å². The maximum absolute atomic E-state index is 13.3. The lowest BCUT2D eigenvalue weighted by atomic mass is 9.95. The highest BCUT2D eigenvalue weighted by Gasteiger charge is 2.18. The Bertz CT molecular complexity index is 408. The number of nitrogens with one attached hydrogen (secondary N) is 1. The molecule has 2 N–H and O–H groups in total. The van der Waals surface area contributed by atoms with Crippen LogP contribution in [-0.2, 0) is 0 Å². The van der Waals surface area contributed by atoms with Gasteiger partial charge in [-0.05, 0) is 37.3 Å². The van der Waals surface area contributed by atoms with Crippen LogP contribution in [0.4, 0.5) is 10.1 Å². The lowest BCUT2D eigenvalue weighted by Crippen LogP contribution is -2.18. The quantitative estimate of drug-likeness (QED) is 0.611. The average molecular weight is 265 g/mol. The minimum Gasteiger partial charge on any atom is -0.505 e. The van der Waals surface area contributed by atoms with Gasteiger partial charge in [0.1, 0.15) is 0 Å². The van der Waals surface area contributed by atoms with Gasteiger partial charge < -0.3 is 10.4 Å². The molecule has 1 aromatic rings. The number of halogens is 1. The van der Waals surface area contributed by atoms with Crippen LogP contribution in [-0.4, -0.2) is 11.1 Å². The van der Waals surface area contributed by atoms with Gasteiger partial charge in [0.25, 0.3) is 0 Å². The minimum absolute atomic E-state index is 0.283. The molecule has 2 rings (SSSR count). The summed E-state index contributed by atoms with van der Waals surface area (Å²) in [6, 6.07) is 4.97. The van der Waals surface area contributed by atoms with Crippen molar-refractivity contribution in [3.05, 3.63) is 24.0 Å². The van der Waals surface area contributed by atoms with Gasteiger partial charge in [0.15, 0.2) is 11.6 Å². The first kappa shape index (κ1) is 14.2. The van der Waals surface area contributed by atoms with Gasteiger partial charge in [0.2, 0.25) is 0 Å². The standard InChI is InChI=1S/C16H24FNO/c1-2-4-12-5-3-6-13(8-7-12)18-14-9-10-16(19)15(17)11-14/h9-13,18-19H,2-8H2,1H3. The highest BCUT2D eigenvalue weighted by molar-refractivity contribution is 5.47. The average Bonchev–Trinajstić information content (AvgIpc) is 2.60. The zero-order chi connectivity index (χ0) is 13.7. The summed E-state index contributed by atoms with van der Waals surface area (Å²) >= 11 is 0. The molecular formula is C16H24FNO. The molecule has 0 aliphatic heterocycles. The van der Waals surface area contributed by atoms with Crippen LogP contribution in [0.15, 0.2) is 18.2 Å².